The molecule has 1 N–H and O–H groups in total. The van der Waals surface area contributed by atoms with Crippen LogP contribution in [0.3, 0.4) is 0 Å². The van der Waals surface area contributed by atoms with Gasteiger partial charge in [0, 0.05) is 29.7 Å². The van der Waals surface area contributed by atoms with Crippen LogP contribution in [0, 0.1) is 6.92 Å². The zero-order valence-corrected chi connectivity index (χ0v) is 12.0. The lowest BCUT2D eigenvalue weighted by atomic mass is 10.2. The molecule has 0 aromatic carbocycles. The third-order valence-corrected chi connectivity index (χ3v) is 3.06. The number of hydrogen-bond acceptors (Lipinski definition) is 5. The van der Waals surface area contributed by atoms with Crippen LogP contribution in [0.5, 0.6) is 0 Å². The second-order valence-corrected chi connectivity index (χ2v) is 4.77. The molecule has 3 rings (SSSR count). The fourth-order valence-electron chi connectivity index (χ4n) is 1.97. The number of aryl methyl sites for hydroxylation is 1. The summed E-state index contributed by atoms with van der Waals surface area (Å²) in [5, 5.41) is 6.73. The van der Waals surface area contributed by atoms with Crippen molar-refractivity contribution in [2.45, 2.75) is 13.5 Å². The fraction of sp³-hybridized carbons (Fsp3) is 0.125. The standard InChI is InChI=1S/C16H14N4O2/c1-11-4-2-6-14(19-11)16(21)18-10-13-8-15(20-22-13)12-5-3-7-17-9-12/h2-9H,10H2,1H3,(H,18,21). The molecule has 110 valence electrons. The molecule has 6 heteroatoms. The van der Waals surface area contributed by atoms with E-state index < -0.39 is 0 Å². The minimum atomic E-state index is -0.247. The fourth-order valence-corrected chi connectivity index (χ4v) is 1.97. The molecular formula is C16H14N4O2. The Hall–Kier alpha value is -3.02. The maximum absolute atomic E-state index is 12.0. The molecule has 0 radical (unpaired) electrons. The van der Waals surface area contributed by atoms with E-state index in [1.54, 1.807) is 30.6 Å². The van der Waals surface area contributed by atoms with Crippen LogP contribution in [0.25, 0.3) is 11.3 Å². The van der Waals surface area contributed by atoms with Crippen LogP contribution in [0.4, 0.5) is 0 Å². The molecule has 6 nitrogen and oxygen atoms in total. The summed E-state index contributed by atoms with van der Waals surface area (Å²) in [4.78, 5) is 20.2. The molecule has 0 aliphatic heterocycles. The molecule has 3 heterocycles. The SMILES string of the molecule is Cc1cccc(C(=O)NCc2cc(-c3cccnc3)no2)n1. The molecule has 0 atom stereocenters. The number of amides is 1. The van der Waals surface area contributed by atoms with Gasteiger partial charge in [-0.3, -0.25) is 9.78 Å². The first-order valence-electron chi connectivity index (χ1n) is 6.80. The van der Waals surface area contributed by atoms with Crippen molar-refractivity contribution >= 4 is 5.91 Å². The Balaban J connectivity index is 1.65. The molecule has 1 amide bonds. The first kappa shape index (κ1) is 13.9. The Bertz CT molecular complexity index is 784. The summed E-state index contributed by atoms with van der Waals surface area (Å²) in [6.07, 6.45) is 3.40. The maximum atomic E-state index is 12.0. The van der Waals surface area contributed by atoms with Crippen molar-refractivity contribution in [2.75, 3.05) is 0 Å². The van der Waals surface area contributed by atoms with Crippen LogP contribution < -0.4 is 5.32 Å². The number of rotatable bonds is 4. The average Bonchev–Trinajstić information content (AvgIpc) is 3.02. The van der Waals surface area contributed by atoms with Gasteiger partial charge in [-0.2, -0.15) is 0 Å². The van der Waals surface area contributed by atoms with Crippen molar-refractivity contribution in [1.82, 2.24) is 20.4 Å². The van der Waals surface area contributed by atoms with E-state index in [9.17, 15) is 4.79 Å². The first-order valence-corrected chi connectivity index (χ1v) is 6.80. The van der Waals surface area contributed by atoms with Gasteiger partial charge in [-0.1, -0.05) is 11.2 Å². The highest BCUT2D eigenvalue weighted by molar-refractivity contribution is 5.92. The van der Waals surface area contributed by atoms with Crippen molar-refractivity contribution < 1.29 is 9.32 Å². The molecular weight excluding hydrogens is 280 g/mol. The second-order valence-electron chi connectivity index (χ2n) is 4.77. The zero-order valence-electron chi connectivity index (χ0n) is 12.0. The van der Waals surface area contributed by atoms with E-state index in [-0.39, 0.29) is 12.5 Å². The lowest BCUT2D eigenvalue weighted by molar-refractivity contribution is 0.0942. The number of carbonyl (C=O) groups excluding carboxylic acids is 1. The van der Waals surface area contributed by atoms with E-state index in [2.05, 4.69) is 20.4 Å². The Morgan fingerprint density at radius 1 is 1.27 bits per heavy atom. The molecule has 0 saturated carbocycles. The van der Waals surface area contributed by atoms with Gasteiger partial charge in [-0.25, -0.2) is 4.98 Å². The van der Waals surface area contributed by atoms with Crippen molar-refractivity contribution in [3.8, 4) is 11.3 Å². The average molecular weight is 294 g/mol. The van der Waals surface area contributed by atoms with Crippen molar-refractivity contribution in [2.24, 2.45) is 0 Å². The van der Waals surface area contributed by atoms with Crippen molar-refractivity contribution in [1.29, 1.82) is 0 Å². The number of nitrogens with zero attached hydrogens (tertiary/aromatic N) is 3. The monoisotopic (exact) mass is 294 g/mol. The minimum Gasteiger partial charge on any atom is -0.359 e. The molecule has 3 aromatic rings. The molecule has 0 aliphatic carbocycles. The Morgan fingerprint density at radius 3 is 2.95 bits per heavy atom. The van der Waals surface area contributed by atoms with Crippen LogP contribution in [0.1, 0.15) is 21.9 Å². The van der Waals surface area contributed by atoms with Gasteiger partial charge in [-0.15, -0.1) is 0 Å². The topological polar surface area (TPSA) is 80.9 Å². The lowest BCUT2D eigenvalue weighted by Gasteiger charge is -2.02. The van der Waals surface area contributed by atoms with Crippen molar-refractivity contribution in [3.05, 3.63) is 65.9 Å². The number of hydrogen-bond donors (Lipinski definition) is 1. The van der Waals surface area contributed by atoms with Crippen LogP contribution in [0.2, 0.25) is 0 Å². The van der Waals surface area contributed by atoms with Crippen LogP contribution >= 0.6 is 0 Å². The van der Waals surface area contributed by atoms with Gasteiger partial charge >= 0.3 is 0 Å². The Labute approximate surface area is 127 Å². The third-order valence-electron chi connectivity index (χ3n) is 3.06. The van der Waals surface area contributed by atoms with Crippen LogP contribution in [-0.4, -0.2) is 21.0 Å². The summed E-state index contributed by atoms with van der Waals surface area (Å²) in [7, 11) is 0. The van der Waals surface area contributed by atoms with E-state index in [0.29, 0.717) is 17.1 Å². The van der Waals surface area contributed by atoms with E-state index in [0.717, 1.165) is 11.3 Å². The number of carbonyl (C=O) groups is 1. The molecule has 0 fully saturated rings. The van der Waals surface area contributed by atoms with Gasteiger partial charge in [-0.05, 0) is 31.2 Å². The van der Waals surface area contributed by atoms with Crippen LogP contribution in [-0.2, 0) is 6.54 Å². The summed E-state index contributed by atoms with van der Waals surface area (Å²) in [5.41, 5.74) is 2.73. The number of pyridine rings is 2. The van der Waals surface area contributed by atoms with E-state index in [1.165, 1.54) is 0 Å². The molecule has 0 unspecified atom stereocenters. The van der Waals surface area contributed by atoms with Gasteiger partial charge in [0.2, 0.25) is 0 Å². The van der Waals surface area contributed by atoms with E-state index >= 15 is 0 Å². The number of aromatic nitrogens is 3. The molecule has 0 bridgehead atoms. The highest BCUT2D eigenvalue weighted by atomic mass is 16.5. The van der Waals surface area contributed by atoms with E-state index in [4.69, 9.17) is 4.52 Å². The Kier molecular flexibility index (Phi) is 3.91. The van der Waals surface area contributed by atoms with Gasteiger partial charge < -0.3 is 9.84 Å². The molecule has 0 saturated heterocycles. The van der Waals surface area contributed by atoms with Gasteiger partial charge in [0.1, 0.15) is 11.4 Å². The molecule has 3 aromatic heterocycles. The first-order chi connectivity index (χ1) is 10.7. The predicted octanol–water partition coefficient (Wildman–Crippen LogP) is 2.37. The molecule has 22 heavy (non-hydrogen) atoms. The summed E-state index contributed by atoms with van der Waals surface area (Å²) >= 11 is 0. The quantitative estimate of drug-likeness (QED) is 0.799. The molecule has 0 spiro atoms. The largest absolute Gasteiger partial charge is 0.359 e. The highest BCUT2D eigenvalue weighted by Crippen LogP contribution is 2.17. The lowest BCUT2D eigenvalue weighted by Crippen LogP contribution is -2.23. The van der Waals surface area contributed by atoms with Crippen molar-refractivity contribution in [3.63, 3.8) is 0 Å². The van der Waals surface area contributed by atoms with Gasteiger partial charge in [0.25, 0.3) is 5.91 Å². The summed E-state index contributed by atoms with van der Waals surface area (Å²) in [6.45, 7) is 2.09. The number of nitrogens with one attached hydrogen (secondary N) is 1. The third kappa shape index (κ3) is 3.17. The van der Waals surface area contributed by atoms with Crippen LogP contribution in [0.15, 0.2) is 53.3 Å². The van der Waals surface area contributed by atoms with E-state index in [1.807, 2.05) is 25.1 Å². The Morgan fingerprint density at radius 2 is 2.18 bits per heavy atom. The summed E-state index contributed by atoms with van der Waals surface area (Å²) < 4.78 is 5.22. The summed E-state index contributed by atoms with van der Waals surface area (Å²) in [6, 6.07) is 10.8. The zero-order chi connectivity index (χ0) is 15.4. The van der Waals surface area contributed by atoms with Gasteiger partial charge in [0.15, 0.2) is 5.76 Å². The predicted molar refractivity (Wildman–Crippen MR) is 79.9 cm³/mol. The minimum absolute atomic E-state index is 0.247. The second kappa shape index (κ2) is 6.17. The summed E-state index contributed by atoms with van der Waals surface area (Å²) in [5.74, 6) is 0.322. The van der Waals surface area contributed by atoms with Gasteiger partial charge in [0.05, 0.1) is 6.54 Å². The maximum Gasteiger partial charge on any atom is 0.270 e. The molecule has 0 aliphatic rings. The normalized spacial score (nSPS) is 10.4. The smallest absolute Gasteiger partial charge is 0.270 e. The highest BCUT2D eigenvalue weighted by Gasteiger charge is 2.10.